The quantitative estimate of drug-likeness (QED) is 0.841. The van der Waals surface area contributed by atoms with E-state index in [1.54, 1.807) is 6.92 Å². The van der Waals surface area contributed by atoms with Crippen LogP contribution in [0.15, 0.2) is 18.2 Å². The molecule has 0 aliphatic heterocycles. The average Bonchev–Trinajstić information content (AvgIpc) is 2.15. The molecule has 1 rings (SSSR count). The van der Waals surface area contributed by atoms with Crippen LogP contribution in [0.5, 0.6) is 0 Å². The molecular weight excluding hydrogens is 227 g/mol. The molecule has 1 aromatic rings. The fourth-order valence-corrected chi connectivity index (χ4v) is 1.76. The van der Waals surface area contributed by atoms with Crippen molar-refractivity contribution < 1.29 is 13.2 Å². The molecule has 0 aromatic heterocycles. The Kier molecular flexibility index (Phi) is 3.58. The van der Waals surface area contributed by atoms with Gasteiger partial charge in [-0.1, -0.05) is 19.9 Å². The minimum absolute atomic E-state index is 0.151. The standard InChI is InChI=1S/C13H18F3N/c1-8(2)12(4,17)11-6-5-10(7-9(11)3)13(14,15)16/h5-8H,17H2,1-4H3. The summed E-state index contributed by atoms with van der Waals surface area (Å²) in [4.78, 5) is 0. The molecule has 17 heavy (non-hydrogen) atoms. The number of halogens is 3. The smallest absolute Gasteiger partial charge is 0.321 e. The van der Waals surface area contributed by atoms with Gasteiger partial charge in [0.15, 0.2) is 0 Å². The molecule has 1 atom stereocenters. The maximum atomic E-state index is 12.5. The van der Waals surface area contributed by atoms with Gasteiger partial charge < -0.3 is 5.73 Å². The van der Waals surface area contributed by atoms with Crippen LogP contribution in [0.4, 0.5) is 13.2 Å². The Bertz CT molecular complexity index is 406. The van der Waals surface area contributed by atoms with Crippen molar-refractivity contribution in [2.24, 2.45) is 11.7 Å². The second-order valence-corrected chi connectivity index (χ2v) is 4.96. The second kappa shape index (κ2) is 4.33. The lowest BCUT2D eigenvalue weighted by Gasteiger charge is -2.31. The summed E-state index contributed by atoms with van der Waals surface area (Å²) >= 11 is 0. The molecule has 1 unspecified atom stereocenters. The maximum Gasteiger partial charge on any atom is 0.416 e. The lowest BCUT2D eigenvalue weighted by molar-refractivity contribution is -0.137. The van der Waals surface area contributed by atoms with Gasteiger partial charge in [-0.15, -0.1) is 0 Å². The lowest BCUT2D eigenvalue weighted by Crippen LogP contribution is -2.39. The Hall–Kier alpha value is -1.03. The molecule has 0 radical (unpaired) electrons. The fourth-order valence-electron chi connectivity index (χ4n) is 1.76. The van der Waals surface area contributed by atoms with Crippen molar-refractivity contribution in [2.75, 3.05) is 0 Å². The van der Waals surface area contributed by atoms with Crippen LogP contribution in [0.3, 0.4) is 0 Å². The minimum Gasteiger partial charge on any atom is -0.321 e. The van der Waals surface area contributed by atoms with Crippen molar-refractivity contribution in [1.29, 1.82) is 0 Å². The number of nitrogens with two attached hydrogens (primary N) is 1. The molecular formula is C13H18F3N. The SMILES string of the molecule is Cc1cc(C(F)(F)F)ccc1C(C)(N)C(C)C. The zero-order chi connectivity index (χ0) is 13.4. The lowest BCUT2D eigenvalue weighted by atomic mass is 9.80. The van der Waals surface area contributed by atoms with E-state index in [0.29, 0.717) is 5.56 Å². The van der Waals surface area contributed by atoms with Gasteiger partial charge in [0, 0.05) is 5.54 Å². The molecule has 2 N–H and O–H groups in total. The summed E-state index contributed by atoms with van der Waals surface area (Å²) in [5.74, 6) is 0.151. The molecule has 4 heteroatoms. The van der Waals surface area contributed by atoms with Crippen molar-refractivity contribution in [3.05, 3.63) is 34.9 Å². The summed E-state index contributed by atoms with van der Waals surface area (Å²) < 4.78 is 37.6. The van der Waals surface area contributed by atoms with E-state index in [4.69, 9.17) is 5.73 Å². The summed E-state index contributed by atoms with van der Waals surface area (Å²) in [7, 11) is 0. The van der Waals surface area contributed by atoms with Crippen molar-refractivity contribution in [1.82, 2.24) is 0 Å². The van der Waals surface area contributed by atoms with Crippen molar-refractivity contribution in [2.45, 2.75) is 39.4 Å². The molecule has 0 saturated heterocycles. The third kappa shape index (κ3) is 2.80. The molecule has 1 nitrogen and oxygen atoms in total. The molecule has 0 amide bonds. The number of hydrogen-bond donors (Lipinski definition) is 1. The second-order valence-electron chi connectivity index (χ2n) is 4.96. The summed E-state index contributed by atoms with van der Waals surface area (Å²) in [6.45, 7) is 7.42. The fraction of sp³-hybridized carbons (Fsp3) is 0.538. The third-order valence-corrected chi connectivity index (χ3v) is 3.33. The first kappa shape index (κ1) is 14.0. The highest BCUT2D eigenvalue weighted by Crippen LogP contribution is 2.34. The highest BCUT2D eigenvalue weighted by molar-refractivity contribution is 5.37. The Morgan fingerprint density at radius 2 is 1.71 bits per heavy atom. The van der Waals surface area contributed by atoms with E-state index in [-0.39, 0.29) is 5.92 Å². The van der Waals surface area contributed by atoms with Crippen LogP contribution in [-0.4, -0.2) is 0 Å². The molecule has 0 spiro atoms. The largest absolute Gasteiger partial charge is 0.416 e. The van der Waals surface area contributed by atoms with E-state index in [1.807, 2.05) is 20.8 Å². The summed E-state index contributed by atoms with van der Waals surface area (Å²) in [6.07, 6.45) is -4.30. The van der Waals surface area contributed by atoms with Crippen LogP contribution in [0, 0.1) is 12.8 Å². The van der Waals surface area contributed by atoms with E-state index in [9.17, 15) is 13.2 Å². The van der Waals surface area contributed by atoms with Gasteiger partial charge >= 0.3 is 6.18 Å². The first-order valence-corrected chi connectivity index (χ1v) is 5.54. The third-order valence-electron chi connectivity index (χ3n) is 3.33. The normalized spacial score (nSPS) is 16.1. The summed E-state index contributed by atoms with van der Waals surface area (Å²) in [5.41, 5.74) is 6.26. The van der Waals surface area contributed by atoms with Gasteiger partial charge in [0.1, 0.15) is 0 Å². The Morgan fingerprint density at radius 1 is 1.18 bits per heavy atom. The average molecular weight is 245 g/mol. The van der Waals surface area contributed by atoms with Crippen molar-refractivity contribution in [3.63, 3.8) is 0 Å². The van der Waals surface area contributed by atoms with E-state index in [2.05, 4.69) is 0 Å². The molecule has 0 aliphatic carbocycles. The number of hydrogen-bond acceptors (Lipinski definition) is 1. The first-order chi connectivity index (χ1) is 7.56. The number of rotatable bonds is 2. The van der Waals surface area contributed by atoms with Crippen molar-refractivity contribution in [3.8, 4) is 0 Å². The molecule has 0 saturated carbocycles. The topological polar surface area (TPSA) is 26.0 Å². The zero-order valence-corrected chi connectivity index (χ0v) is 10.5. The summed E-state index contributed by atoms with van der Waals surface area (Å²) in [6, 6.07) is 3.73. The highest BCUT2D eigenvalue weighted by Gasteiger charge is 2.33. The number of alkyl halides is 3. The van der Waals surface area contributed by atoms with Crippen molar-refractivity contribution >= 4 is 0 Å². The van der Waals surface area contributed by atoms with Gasteiger partial charge in [-0.3, -0.25) is 0 Å². The van der Waals surface area contributed by atoms with Crippen LogP contribution >= 0.6 is 0 Å². The molecule has 96 valence electrons. The Labute approximate surface area is 99.8 Å². The van der Waals surface area contributed by atoms with Crippen LogP contribution in [0.25, 0.3) is 0 Å². The molecule has 0 bridgehead atoms. The number of aryl methyl sites for hydroxylation is 1. The van der Waals surface area contributed by atoms with Gasteiger partial charge in [0.05, 0.1) is 5.56 Å². The van der Waals surface area contributed by atoms with Crippen LogP contribution in [0.2, 0.25) is 0 Å². The Morgan fingerprint density at radius 3 is 2.06 bits per heavy atom. The zero-order valence-electron chi connectivity index (χ0n) is 10.5. The highest BCUT2D eigenvalue weighted by atomic mass is 19.4. The molecule has 1 aromatic carbocycles. The molecule has 0 fully saturated rings. The summed E-state index contributed by atoms with van der Waals surface area (Å²) in [5, 5.41) is 0. The predicted molar refractivity (Wildman–Crippen MR) is 62.6 cm³/mol. The Balaban J connectivity index is 3.24. The van der Waals surface area contributed by atoms with Crippen LogP contribution in [0.1, 0.15) is 37.5 Å². The van der Waals surface area contributed by atoms with Gasteiger partial charge in [-0.05, 0) is 43.0 Å². The molecule has 0 aliphatic rings. The van der Waals surface area contributed by atoms with Gasteiger partial charge in [0.2, 0.25) is 0 Å². The van der Waals surface area contributed by atoms with E-state index in [0.717, 1.165) is 17.7 Å². The van der Waals surface area contributed by atoms with Crippen LogP contribution in [-0.2, 0) is 11.7 Å². The van der Waals surface area contributed by atoms with E-state index < -0.39 is 17.3 Å². The van der Waals surface area contributed by atoms with E-state index in [1.165, 1.54) is 6.07 Å². The van der Waals surface area contributed by atoms with Gasteiger partial charge in [-0.25, -0.2) is 0 Å². The van der Waals surface area contributed by atoms with E-state index >= 15 is 0 Å². The predicted octanol–water partition coefficient (Wildman–Crippen LogP) is 3.84. The monoisotopic (exact) mass is 245 g/mol. The minimum atomic E-state index is -4.30. The van der Waals surface area contributed by atoms with Gasteiger partial charge in [-0.2, -0.15) is 13.2 Å². The van der Waals surface area contributed by atoms with Gasteiger partial charge in [0.25, 0.3) is 0 Å². The first-order valence-electron chi connectivity index (χ1n) is 5.54. The maximum absolute atomic E-state index is 12.5. The number of benzene rings is 1. The van der Waals surface area contributed by atoms with Crippen LogP contribution < -0.4 is 5.73 Å². The molecule has 0 heterocycles.